The monoisotopic (exact) mass is 192 g/mol. The van der Waals surface area contributed by atoms with Gasteiger partial charge >= 0.3 is 0 Å². The van der Waals surface area contributed by atoms with Gasteiger partial charge < -0.3 is 5.11 Å². The lowest BCUT2D eigenvalue weighted by Gasteiger charge is -2.06. The van der Waals surface area contributed by atoms with Crippen LogP contribution in [0.2, 0.25) is 0 Å². The molecule has 1 unspecified atom stereocenters. The summed E-state index contributed by atoms with van der Waals surface area (Å²) in [6.07, 6.45) is 2.29. The molecule has 0 aliphatic rings. The third kappa shape index (κ3) is 9.17. The van der Waals surface area contributed by atoms with Gasteiger partial charge in [-0.2, -0.15) is 0 Å². The Bertz CT molecular complexity index is 262. The van der Waals surface area contributed by atoms with Gasteiger partial charge in [0.05, 0.1) is 0 Å². The van der Waals surface area contributed by atoms with Crippen LogP contribution in [0.3, 0.4) is 0 Å². The second-order valence-corrected chi connectivity index (χ2v) is 4.35. The Hall–Kier alpha value is -0.920. The maximum Gasteiger partial charge on any atom is 0.176 e. The van der Waals surface area contributed by atoms with Gasteiger partial charge in [-0.05, 0) is 27.2 Å². The van der Waals surface area contributed by atoms with Gasteiger partial charge in [-0.1, -0.05) is 37.0 Å². The molecular formula is C13H20O. The van der Waals surface area contributed by atoms with E-state index in [9.17, 15) is 5.11 Å². The zero-order valence-corrected chi connectivity index (χ0v) is 9.65. The van der Waals surface area contributed by atoms with Crippen LogP contribution >= 0.6 is 0 Å². The Balaban J connectivity index is 3.99. The topological polar surface area (TPSA) is 20.2 Å². The maximum absolute atomic E-state index is 9.36. The standard InChI is InChI=1S/C13H20O/c1-5-6-7-8-9-12(14)10-11-13(2,3)4/h12,14H,5-7H2,1-4H3. The number of aliphatic hydroxyl groups is 1. The van der Waals surface area contributed by atoms with E-state index < -0.39 is 6.10 Å². The van der Waals surface area contributed by atoms with Crippen LogP contribution in [0.4, 0.5) is 0 Å². The minimum atomic E-state index is -0.786. The average molecular weight is 192 g/mol. The van der Waals surface area contributed by atoms with Gasteiger partial charge in [-0.3, -0.25) is 0 Å². The minimum Gasteiger partial charge on any atom is -0.369 e. The quantitative estimate of drug-likeness (QED) is 0.526. The summed E-state index contributed by atoms with van der Waals surface area (Å²) >= 11 is 0. The molecule has 1 heteroatoms. The molecule has 1 N–H and O–H groups in total. The van der Waals surface area contributed by atoms with E-state index >= 15 is 0 Å². The molecule has 0 aliphatic heterocycles. The molecule has 0 radical (unpaired) electrons. The smallest absolute Gasteiger partial charge is 0.176 e. The van der Waals surface area contributed by atoms with Gasteiger partial charge in [-0.25, -0.2) is 0 Å². The van der Waals surface area contributed by atoms with E-state index in [-0.39, 0.29) is 5.41 Å². The average Bonchev–Trinajstić information content (AvgIpc) is 2.08. The zero-order valence-electron chi connectivity index (χ0n) is 9.65. The van der Waals surface area contributed by atoms with Crippen molar-refractivity contribution in [2.75, 3.05) is 0 Å². The molecule has 1 atom stereocenters. The van der Waals surface area contributed by atoms with Crippen LogP contribution in [0.1, 0.15) is 47.0 Å². The van der Waals surface area contributed by atoms with Crippen molar-refractivity contribution in [3.05, 3.63) is 0 Å². The predicted octanol–water partition coefficient (Wildman–Crippen LogP) is 2.59. The number of unbranched alkanes of at least 4 members (excludes halogenated alkanes) is 2. The summed E-state index contributed by atoms with van der Waals surface area (Å²) in [6, 6.07) is 0. The van der Waals surface area contributed by atoms with E-state index in [2.05, 4.69) is 30.6 Å². The molecule has 0 aromatic carbocycles. The van der Waals surface area contributed by atoms with Gasteiger partial charge in [0.2, 0.25) is 0 Å². The summed E-state index contributed by atoms with van der Waals surface area (Å²) in [7, 11) is 0. The lowest BCUT2D eigenvalue weighted by Crippen LogP contribution is -2.04. The fourth-order valence-corrected chi connectivity index (χ4v) is 0.755. The van der Waals surface area contributed by atoms with Crippen LogP contribution in [0, 0.1) is 29.1 Å². The molecule has 0 aromatic heterocycles. The second kappa shape index (κ2) is 6.52. The first-order valence-corrected chi connectivity index (χ1v) is 5.15. The van der Waals surface area contributed by atoms with E-state index in [0.717, 1.165) is 19.3 Å². The SMILES string of the molecule is CCCCC#CC(O)C#CC(C)(C)C. The number of hydrogen-bond acceptors (Lipinski definition) is 1. The highest BCUT2D eigenvalue weighted by atomic mass is 16.3. The molecule has 0 fully saturated rings. The van der Waals surface area contributed by atoms with Crippen molar-refractivity contribution in [2.45, 2.75) is 53.1 Å². The van der Waals surface area contributed by atoms with Gasteiger partial charge in [0, 0.05) is 11.8 Å². The van der Waals surface area contributed by atoms with Crippen molar-refractivity contribution in [1.29, 1.82) is 0 Å². The van der Waals surface area contributed by atoms with Crippen molar-refractivity contribution in [3.63, 3.8) is 0 Å². The van der Waals surface area contributed by atoms with E-state index in [1.54, 1.807) is 0 Å². The Labute approximate surface area is 87.9 Å². The van der Waals surface area contributed by atoms with Crippen molar-refractivity contribution in [1.82, 2.24) is 0 Å². The number of hydrogen-bond donors (Lipinski definition) is 1. The summed E-state index contributed by atoms with van der Waals surface area (Å²) in [4.78, 5) is 0. The third-order valence-electron chi connectivity index (χ3n) is 1.48. The Morgan fingerprint density at radius 2 is 1.86 bits per heavy atom. The maximum atomic E-state index is 9.36. The molecule has 0 aromatic rings. The fourth-order valence-electron chi connectivity index (χ4n) is 0.755. The molecule has 0 bridgehead atoms. The van der Waals surface area contributed by atoms with Crippen molar-refractivity contribution in [3.8, 4) is 23.7 Å². The van der Waals surface area contributed by atoms with Crippen molar-refractivity contribution < 1.29 is 5.11 Å². The first kappa shape index (κ1) is 13.1. The van der Waals surface area contributed by atoms with E-state index in [0.29, 0.717) is 0 Å². The van der Waals surface area contributed by atoms with Crippen LogP contribution in [-0.2, 0) is 0 Å². The normalized spacial score (nSPS) is 12.1. The molecule has 0 spiro atoms. The highest BCUT2D eigenvalue weighted by Gasteiger charge is 2.03. The Morgan fingerprint density at radius 3 is 2.36 bits per heavy atom. The van der Waals surface area contributed by atoms with Crippen LogP contribution in [0.5, 0.6) is 0 Å². The van der Waals surface area contributed by atoms with E-state index in [1.807, 2.05) is 20.8 Å². The number of aliphatic hydroxyl groups excluding tert-OH is 1. The molecule has 1 nitrogen and oxygen atoms in total. The van der Waals surface area contributed by atoms with Crippen LogP contribution in [-0.4, -0.2) is 11.2 Å². The van der Waals surface area contributed by atoms with Crippen LogP contribution in [0.15, 0.2) is 0 Å². The van der Waals surface area contributed by atoms with E-state index in [1.165, 1.54) is 0 Å². The third-order valence-corrected chi connectivity index (χ3v) is 1.48. The van der Waals surface area contributed by atoms with Crippen LogP contribution in [0.25, 0.3) is 0 Å². The molecule has 0 heterocycles. The highest BCUT2D eigenvalue weighted by Crippen LogP contribution is 2.09. The molecule has 14 heavy (non-hydrogen) atoms. The second-order valence-electron chi connectivity index (χ2n) is 4.35. The highest BCUT2D eigenvalue weighted by molar-refractivity contribution is 5.21. The first-order chi connectivity index (χ1) is 6.45. The molecule has 0 amide bonds. The van der Waals surface area contributed by atoms with Gasteiger partial charge in [0.1, 0.15) is 0 Å². The summed E-state index contributed by atoms with van der Waals surface area (Å²) in [5.41, 5.74) is -0.0634. The fraction of sp³-hybridized carbons (Fsp3) is 0.692. The minimum absolute atomic E-state index is 0.0634. The van der Waals surface area contributed by atoms with Crippen molar-refractivity contribution >= 4 is 0 Å². The van der Waals surface area contributed by atoms with Crippen molar-refractivity contribution in [2.24, 2.45) is 5.41 Å². The van der Waals surface area contributed by atoms with Gasteiger partial charge in [0.15, 0.2) is 6.10 Å². The van der Waals surface area contributed by atoms with Gasteiger partial charge in [-0.15, -0.1) is 0 Å². The Kier molecular flexibility index (Phi) is 6.09. The van der Waals surface area contributed by atoms with Gasteiger partial charge in [0.25, 0.3) is 0 Å². The summed E-state index contributed by atoms with van der Waals surface area (Å²) in [6.45, 7) is 8.16. The summed E-state index contributed by atoms with van der Waals surface area (Å²) in [5.74, 6) is 11.3. The molecule has 0 saturated carbocycles. The lowest BCUT2D eigenvalue weighted by atomic mass is 9.98. The van der Waals surface area contributed by atoms with E-state index in [4.69, 9.17) is 0 Å². The molecule has 0 saturated heterocycles. The largest absolute Gasteiger partial charge is 0.369 e. The molecule has 0 aliphatic carbocycles. The molecular weight excluding hydrogens is 172 g/mol. The number of rotatable bonds is 2. The molecule has 78 valence electrons. The Morgan fingerprint density at radius 1 is 1.21 bits per heavy atom. The zero-order chi connectivity index (χ0) is 11.0. The van der Waals surface area contributed by atoms with Crippen LogP contribution < -0.4 is 0 Å². The first-order valence-electron chi connectivity index (χ1n) is 5.15. The molecule has 0 rings (SSSR count). The summed E-state index contributed by atoms with van der Waals surface area (Å²) in [5, 5.41) is 9.36. The lowest BCUT2D eigenvalue weighted by molar-refractivity contribution is 0.289. The summed E-state index contributed by atoms with van der Waals surface area (Å²) < 4.78 is 0. The predicted molar refractivity (Wildman–Crippen MR) is 60.5 cm³/mol.